The van der Waals surface area contributed by atoms with Crippen LogP contribution in [0.1, 0.15) is 6.92 Å². The molecule has 0 atom stereocenters. The minimum atomic E-state index is -0.379. The van der Waals surface area contributed by atoms with Gasteiger partial charge >= 0.3 is 5.97 Å². The summed E-state index contributed by atoms with van der Waals surface area (Å²) in [5.74, 6) is -0.379. The van der Waals surface area contributed by atoms with Crippen molar-refractivity contribution >= 4 is 12.3 Å². The highest BCUT2D eigenvalue weighted by Gasteiger charge is 2.14. The molecule has 14 heavy (non-hydrogen) atoms. The van der Waals surface area contributed by atoms with E-state index in [1.54, 1.807) is 6.92 Å². The molecule has 4 nitrogen and oxygen atoms in total. The van der Waals surface area contributed by atoms with Crippen LogP contribution in [0.2, 0.25) is 0 Å². The zero-order chi connectivity index (χ0) is 11.2. The first-order valence-electron chi connectivity index (χ1n) is 4.47. The van der Waals surface area contributed by atoms with Crippen LogP contribution in [0.5, 0.6) is 0 Å². The smallest absolute Gasteiger partial charge is 0.333 e. The van der Waals surface area contributed by atoms with Gasteiger partial charge in [0, 0.05) is 5.57 Å². The lowest BCUT2D eigenvalue weighted by Crippen LogP contribution is -2.43. The zero-order valence-electron chi connectivity index (χ0n) is 9.08. The van der Waals surface area contributed by atoms with Crippen LogP contribution >= 0.6 is 0 Å². The molecular formula is C10H18NO3+. The maximum absolute atomic E-state index is 11.0. The highest BCUT2D eigenvalue weighted by Crippen LogP contribution is 1.97. The Bertz CT molecular complexity index is 234. The minimum absolute atomic E-state index is 0.312. The van der Waals surface area contributed by atoms with E-state index in [1.807, 2.05) is 14.1 Å². The third-order valence-electron chi connectivity index (χ3n) is 1.85. The second-order valence-corrected chi connectivity index (χ2v) is 3.92. The summed E-state index contributed by atoms with van der Waals surface area (Å²) in [6.07, 6.45) is 0.862. The van der Waals surface area contributed by atoms with Crippen molar-refractivity contribution < 1.29 is 18.8 Å². The predicted molar refractivity (Wildman–Crippen MR) is 53.7 cm³/mol. The van der Waals surface area contributed by atoms with Crippen LogP contribution in [-0.4, -0.2) is 50.5 Å². The molecule has 0 N–H and O–H groups in total. The van der Waals surface area contributed by atoms with E-state index in [0.717, 1.165) is 6.29 Å². The molecule has 0 heterocycles. The van der Waals surface area contributed by atoms with Crippen molar-refractivity contribution in [2.75, 3.05) is 33.8 Å². The molecule has 0 unspecified atom stereocenters. The number of likely N-dealkylation sites (N-methyl/N-ethyl adjacent to an activating group) is 1. The summed E-state index contributed by atoms with van der Waals surface area (Å²) in [5.41, 5.74) is 0.394. The van der Waals surface area contributed by atoms with E-state index in [0.29, 0.717) is 29.8 Å². The van der Waals surface area contributed by atoms with Crippen molar-refractivity contribution in [1.82, 2.24) is 0 Å². The topological polar surface area (TPSA) is 43.4 Å². The molecule has 0 saturated heterocycles. The Labute approximate surface area is 84.7 Å². The number of carbonyl (C=O) groups excluding carboxylic acids is 2. The van der Waals surface area contributed by atoms with Crippen molar-refractivity contribution in [2.24, 2.45) is 0 Å². The fourth-order valence-corrected chi connectivity index (χ4v) is 0.802. The third kappa shape index (κ3) is 5.48. The van der Waals surface area contributed by atoms with Gasteiger partial charge in [-0.25, -0.2) is 4.79 Å². The summed E-state index contributed by atoms with van der Waals surface area (Å²) in [5, 5.41) is 0. The zero-order valence-corrected chi connectivity index (χ0v) is 9.08. The van der Waals surface area contributed by atoms with Gasteiger partial charge in [-0.05, 0) is 6.92 Å². The van der Waals surface area contributed by atoms with Gasteiger partial charge < -0.3 is 9.22 Å². The van der Waals surface area contributed by atoms with Crippen LogP contribution in [0.4, 0.5) is 0 Å². The quantitative estimate of drug-likeness (QED) is 0.269. The summed E-state index contributed by atoms with van der Waals surface area (Å²) in [4.78, 5) is 21.3. The molecule has 80 valence electrons. The average Bonchev–Trinajstić information content (AvgIpc) is 2.03. The molecule has 0 rings (SSSR count). The summed E-state index contributed by atoms with van der Waals surface area (Å²) in [6, 6.07) is 0. The molecular weight excluding hydrogens is 182 g/mol. The van der Waals surface area contributed by atoms with Gasteiger partial charge in [-0.15, -0.1) is 0 Å². The van der Waals surface area contributed by atoms with Crippen LogP contribution in [0.25, 0.3) is 0 Å². The lowest BCUT2D eigenvalue weighted by molar-refractivity contribution is -0.881. The number of carbonyl (C=O) groups is 2. The van der Waals surface area contributed by atoms with Crippen molar-refractivity contribution in [3.63, 3.8) is 0 Å². The number of esters is 1. The largest absolute Gasteiger partial charge is 0.456 e. The molecule has 0 radical (unpaired) electrons. The van der Waals surface area contributed by atoms with Gasteiger partial charge in [0.25, 0.3) is 0 Å². The molecule has 0 aliphatic rings. The first-order chi connectivity index (χ1) is 6.39. The Morgan fingerprint density at radius 2 is 2.07 bits per heavy atom. The van der Waals surface area contributed by atoms with E-state index < -0.39 is 0 Å². The van der Waals surface area contributed by atoms with Gasteiger partial charge in [0.2, 0.25) is 0 Å². The molecule has 0 aromatic rings. The fraction of sp³-hybridized carbons (Fsp3) is 0.600. The van der Waals surface area contributed by atoms with Crippen molar-refractivity contribution in [3.8, 4) is 0 Å². The Balaban J connectivity index is 3.78. The Hall–Kier alpha value is -1.16. The van der Waals surface area contributed by atoms with E-state index in [9.17, 15) is 9.59 Å². The molecule has 0 fully saturated rings. The van der Waals surface area contributed by atoms with E-state index in [2.05, 4.69) is 6.58 Å². The first kappa shape index (κ1) is 12.8. The molecule has 0 aromatic heterocycles. The van der Waals surface area contributed by atoms with Gasteiger partial charge in [0.1, 0.15) is 19.7 Å². The molecule has 0 aromatic carbocycles. The molecule has 0 bridgehead atoms. The van der Waals surface area contributed by atoms with E-state index in [-0.39, 0.29) is 5.97 Å². The van der Waals surface area contributed by atoms with Crippen LogP contribution in [0.3, 0.4) is 0 Å². The number of hydrogen-bond acceptors (Lipinski definition) is 3. The lowest BCUT2D eigenvalue weighted by atomic mass is 10.4. The second kappa shape index (κ2) is 5.54. The summed E-state index contributed by atoms with van der Waals surface area (Å²) >= 11 is 0. The van der Waals surface area contributed by atoms with E-state index >= 15 is 0 Å². The minimum Gasteiger partial charge on any atom is -0.456 e. The average molecular weight is 200 g/mol. The SMILES string of the molecule is C=C(C)C(=O)OCC[N+](C)(C)CC=O. The molecule has 0 aliphatic carbocycles. The van der Waals surface area contributed by atoms with Gasteiger partial charge in [-0.3, -0.25) is 4.79 Å². The van der Waals surface area contributed by atoms with Gasteiger partial charge in [-0.1, -0.05) is 6.58 Å². The Morgan fingerprint density at radius 3 is 2.50 bits per heavy atom. The number of rotatable bonds is 6. The predicted octanol–water partition coefficient (Wildman–Crippen LogP) is 0.381. The summed E-state index contributed by atoms with van der Waals surface area (Å²) < 4.78 is 5.44. The van der Waals surface area contributed by atoms with E-state index in [4.69, 9.17) is 4.74 Å². The van der Waals surface area contributed by atoms with Crippen LogP contribution in [0, 0.1) is 0 Å². The van der Waals surface area contributed by atoms with Crippen molar-refractivity contribution in [1.29, 1.82) is 0 Å². The maximum Gasteiger partial charge on any atom is 0.333 e. The number of quaternary nitrogens is 1. The first-order valence-corrected chi connectivity index (χ1v) is 4.47. The van der Waals surface area contributed by atoms with Crippen molar-refractivity contribution in [3.05, 3.63) is 12.2 Å². The van der Waals surface area contributed by atoms with E-state index in [1.165, 1.54) is 0 Å². The monoisotopic (exact) mass is 200 g/mol. The van der Waals surface area contributed by atoms with Crippen LogP contribution < -0.4 is 0 Å². The third-order valence-corrected chi connectivity index (χ3v) is 1.85. The number of ether oxygens (including phenoxy) is 1. The van der Waals surface area contributed by atoms with Crippen LogP contribution in [-0.2, 0) is 14.3 Å². The second-order valence-electron chi connectivity index (χ2n) is 3.92. The molecule has 4 heteroatoms. The molecule has 0 amide bonds. The lowest BCUT2D eigenvalue weighted by Gasteiger charge is -2.26. The fourth-order valence-electron chi connectivity index (χ4n) is 0.802. The molecule has 0 spiro atoms. The Kier molecular flexibility index (Phi) is 5.09. The van der Waals surface area contributed by atoms with Gasteiger partial charge in [0.15, 0.2) is 6.29 Å². The van der Waals surface area contributed by atoms with Gasteiger partial charge in [0.05, 0.1) is 14.1 Å². The van der Waals surface area contributed by atoms with Gasteiger partial charge in [-0.2, -0.15) is 0 Å². The van der Waals surface area contributed by atoms with Crippen molar-refractivity contribution in [2.45, 2.75) is 6.92 Å². The molecule has 0 saturated carbocycles. The number of nitrogens with zero attached hydrogens (tertiary/aromatic N) is 1. The number of aldehydes is 1. The van der Waals surface area contributed by atoms with Crippen LogP contribution in [0.15, 0.2) is 12.2 Å². The Morgan fingerprint density at radius 1 is 1.50 bits per heavy atom. The highest BCUT2D eigenvalue weighted by molar-refractivity contribution is 5.86. The maximum atomic E-state index is 11.0. The number of hydrogen-bond donors (Lipinski definition) is 0. The molecule has 0 aliphatic heterocycles. The standard InChI is InChI=1S/C10H18NO3/c1-9(2)10(13)14-8-6-11(3,4)5-7-12/h7H,1,5-6,8H2,2-4H3/q+1. The normalized spacial score (nSPS) is 10.8. The summed E-state index contributed by atoms with van der Waals surface area (Å²) in [7, 11) is 3.81. The summed E-state index contributed by atoms with van der Waals surface area (Å²) in [6.45, 7) is 6.43. The highest BCUT2D eigenvalue weighted by atomic mass is 16.5.